The molecule has 0 radical (unpaired) electrons. The normalized spacial score (nSPS) is 20.9. The highest BCUT2D eigenvalue weighted by molar-refractivity contribution is 9.09. The second-order valence-corrected chi connectivity index (χ2v) is 6.91. The number of hydrogen-bond donors (Lipinski definition) is 0. The average Bonchev–Trinajstić information content (AvgIpc) is 2.40. The molecule has 19 heavy (non-hydrogen) atoms. The van der Waals surface area contributed by atoms with Crippen molar-refractivity contribution in [2.75, 3.05) is 18.4 Å². The van der Waals surface area contributed by atoms with Gasteiger partial charge in [0, 0.05) is 18.4 Å². The van der Waals surface area contributed by atoms with E-state index in [1.807, 2.05) is 0 Å². The first kappa shape index (κ1) is 15.1. The van der Waals surface area contributed by atoms with E-state index < -0.39 is 0 Å². The Hall–Kier alpha value is -0.340. The molecular formula is C17H26BrN. The summed E-state index contributed by atoms with van der Waals surface area (Å²) < 4.78 is 0. The number of nitrogens with zero attached hydrogens (tertiary/aromatic N) is 1. The summed E-state index contributed by atoms with van der Waals surface area (Å²) in [6.07, 6.45) is 4.10. The minimum absolute atomic E-state index is 0.632. The third-order valence-corrected chi connectivity index (χ3v) is 4.63. The maximum atomic E-state index is 3.57. The SMILES string of the molecule is CC(C)c1ccc(CN2CCCC(CCBr)C2)cc1. The Balaban J connectivity index is 1.89. The van der Waals surface area contributed by atoms with Gasteiger partial charge in [0.15, 0.2) is 0 Å². The van der Waals surface area contributed by atoms with Crippen LogP contribution in [0.1, 0.15) is 50.2 Å². The van der Waals surface area contributed by atoms with E-state index in [1.54, 1.807) is 0 Å². The summed E-state index contributed by atoms with van der Waals surface area (Å²) in [5.74, 6) is 1.52. The molecule has 0 amide bonds. The third kappa shape index (κ3) is 4.61. The number of halogens is 1. The molecule has 106 valence electrons. The Morgan fingerprint density at radius 3 is 2.63 bits per heavy atom. The first-order chi connectivity index (χ1) is 9.19. The standard InChI is InChI=1S/C17H26BrN/c1-14(2)17-7-5-16(6-8-17)13-19-11-3-4-15(12-19)9-10-18/h5-8,14-15H,3-4,9-13H2,1-2H3. The summed E-state index contributed by atoms with van der Waals surface area (Å²) in [7, 11) is 0. The van der Waals surface area contributed by atoms with Crippen molar-refractivity contribution in [3.63, 3.8) is 0 Å². The van der Waals surface area contributed by atoms with E-state index in [4.69, 9.17) is 0 Å². The predicted octanol–water partition coefficient (Wildman–Crippen LogP) is 4.81. The Morgan fingerprint density at radius 1 is 1.26 bits per heavy atom. The molecule has 0 bridgehead atoms. The average molecular weight is 324 g/mol. The van der Waals surface area contributed by atoms with Crippen molar-refractivity contribution < 1.29 is 0 Å². The molecule has 1 nitrogen and oxygen atoms in total. The Labute approximate surface area is 126 Å². The summed E-state index contributed by atoms with van der Waals surface area (Å²) in [5.41, 5.74) is 2.91. The molecule has 1 saturated heterocycles. The van der Waals surface area contributed by atoms with E-state index >= 15 is 0 Å². The van der Waals surface area contributed by atoms with E-state index in [0.29, 0.717) is 5.92 Å². The molecule has 1 atom stereocenters. The molecule has 1 aromatic carbocycles. The van der Waals surface area contributed by atoms with Crippen LogP contribution in [0.25, 0.3) is 0 Å². The van der Waals surface area contributed by atoms with Crippen molar-refractivity contribution in [3.8, 4) is 0 Å². The van der Waals surface area contributed by atoms with Crippen LogP contribution in [0.5, 0.6) is 0 Å². The van der Waals surface area contributed by atoms with Crippen LogP contribution in [-0.2, 0) is 6.54 Å². The van der Waals surface area contributed by atoms with E-state index in [0.717, 1.165) is 17.8 Å². The fourth-order valence-corrected chi connectivity index (χ4v) is 3.60. The van der Waals surface area contributed by atoms with Gasteiger partial charge < -0.3 is 0 Å². The van der Waals surface area contributed by atoms with Crippen molar-refractivity contribution in [1.29, 1.82) is 0 Å². The molecule has 0 saturated carbocycles. The topological polar surface area (TPSA) is 3.24 Å². The van der Waals surface area contributed by atoms with Crippen LogP contribution in [0.2, 0.25) is 0 Å². The zero-order chi connectivity index (χ0) is 13.7. The molecule has 1 aromatic rings. The first-order valence-electron chi connectivity index (χ1n) is 7.56. The van der Waals surface area contributed by atoms with Crippen LogP contribution < -0.4 is 0 Å². The van der Waals surface area contributed by atoms with Crippen LogP contribution in [0.3, 0.4) is 0 Å². The van der Waals surface area contributed by atoms with Crippen LogP contribution in [0, 0.1) is 5.92 Å². The molecule has 0 spiro atoms. The lowest BCUT2D eigenvalue weighted by Gasteiger charge is -2.32. The van der Waals surface area contributed by atoms with Crippen molar-refractivity contribution >= 4 is 15.9 Å². The molecule has 1 aliphatic heterocycles. The second kappa shape index (κ2) is 7.44. The van der Waals surface area contributed by atoms with Gasteiger partial charge in [0.25, 0.3) is 0 Å². The van der Waals surface area contributed by atoms with Gasteiger partial charge in [0.05, 0.1) is 0 Å². The van der Waals surface area contributed by atoms with E-state index in [9.17, 15) is 0 Å². The molecular weight excluding hydrogens is 298 g/mol. The molecule has 2 heteroatoms. The molecule has 0 aromatic heterocycles. The summed E-state index contributed by atoms with van der Waals surface area (Å²) in [5, 5.41) is 1.15. The third-order valence-electron chi connectivity index (χ3n) is 4.17. The minimum Gasteiger partial charge on any atom is -0.299 e. The highest BCUT2D eigenvalue weighted by atomic mass is 79.9. The van der Waals surface area contributed by atoms with Gasteiger partial charge in [-0.25, -0.2) is 0 Å². The van der Waals surface area contributed by atoms with Crippen molar-refractivity contribution in [3.05, 3.63) is 35.4 Å². The lowest BCUT2D eigenvalue weighted by molar-refractivity contribution is 0.165. The first-order valence-corrected chi connectivity index (χ1v) is 8.68. The lowest BCUT2D eigenvalue weighted by atomic mass is 9.95. The van der Waals surface area contributed by atoms with E-state index in [2.05, 4.69) is 58.9 Å². The van der Waals surface area contributed by atoms with Gasteiger partial charge in [-0.1, -0.05) is 54.0 Å². The molecule has 0 N–H and O–H groups in total. The number of hydrogen-bond acceptors (Lipinski definition) is 1. The molecule has 1 fully saturated rings. The van der Waals surface area contributed by atoms with Crippen molar-refractivity contribution in [2.24, 2.45) is 5.92 Å². The zero-order valence-corrected chi connectivity index (χ0v) is 13.8. The Kier molecular flexibility index (Phi) is 5.90. The molecule has 1 aliphatic rings. The van der Waals surface area contributed by atoms with E-state index in [-0.39, 0.29) is 0 Å². The Morgan fingerprint density at radius 2 is 2.00 bits per heavy atom. The number of likely N-dealkylation sites (tertiary alicyclic amines) is 1. The smallest absolute Gasteiger partial charge is 0.0233 e. The fraction of sp³-hybridized carbons (Fsp3) is 0.647. The number of rotatable bonds is 5. The highest BCUT2D eigenvalue weighted by Gasteiger charge is 2.19. The van der Waals surface area contributed by atoms with Gasteiger partial charge in [0.1, 0.15) is 0 Å². The second-order valence-electron chi connectivity index (χ2n) is 6.12. The number of alkyl halides is 1. The molecule has 0 aliphatic carbocycles. The minimum atomic E-state index is 0.632. The predicted molar refractivity (Wildman–Crippen MR) is 86.9 cm³/mol. The summed E-state index contributed by atoms with van der Waals surface area (Å²) in [6, 6.07) is 9.20. The van der Waals surface area contributed by atoms with Gasteiger partial charge in [-0.3, -0.25) is 4.90 Å². The number of piperidine rings is 1. The quantitative estimate of drug-likeness (QED) is 0.703. The maximum Gasteiger partial charge on any atom is 0.0233 e. The van der Waals surface area contributed by atoms with Crippen LogP contribution in [-0.4, -0.2) is 23.3 Å². The van der Waals surface area contributed by atoms with Gasteiger partial charge in [-0.05, 0) is 48.8 Å². The summed E-state index contributed by atoms with van der Waals surface area (Å²) >= 11 is 3.57. The van der Waals surface area contributed by atoms with Crippen molar-refractivity contribution in [2.45, 2.75) is 45.6 Å². The molecule has 1 heterocycles. The Bertz CT molecular complexity index is 369. The van der Waals surface area contributed by atoms with Crippen LogP contribution >= 0.6 is 15.9 Å². The molecule has 2 rings (SSSR count). The van der Waals surface area contributed by atoms with Gasteiger partial charge in [-0.2, -0.15) is 0 Å². The largest absolute Gasteiger partial charge is 0.299 e. The highest BCUT2D eigenvalue weighted by Crippen LogP contribution is 2.22. The fourth-order valence-electron chi connectivity index (χ4n) is 2.95. The van der Waals surface area contributed by atoms with Gasteiger partial charge in [0.2, 0.25) is 0 Å². The molecule has 1 unspecified atom stereocenters. The summed E-state index contributed by atoms with van der Waals surface area (Å²) in [4.78, 5) is 2.63. The zero-order valence-electron chi connectivity index (χ0n) is 12.2. The maximum absolute atomic E-state index is 3.57. The van der Waals surface area contributed by atoms with Gasteiger partial charge in [-0.15, -0.1) is 0 Å². The van der Waals surface area contributed by atoms with Crippen molar-refractivity contribution in [1.82, 2.24) is 4.90 Å². The van der Waals surface area contributed by atoms with Crippen LogP contribution in [0.4, 0.5) is 0 Å². The summed E-state index contributed by atoms with van der Waals surface area (Å²) in [6.45, 7) is 8.18. The lowest BCUT2D eigenvalue weighted by Crippen LogP contribution is -2.35. The van der Waals surface area contributed by atoms with Gasteiger partial charge >= 0.3 is 0 Å². The van der Waals surface area contributed by atoms with E-state index in [1.165, 1.54) is 43.5 Å². The van der Waals surface area contributed by atoms with Crippen LogP contribution in [0.15, 0.2) is 24.3 Å². The monoisotopic (exact) mass is 323 g/mol. The number of benzene rings is 1.